The number of aromatic nitrogens is 1. The van der Waals surface area contributed by atoms with Crippen LogP contribution in [0.5, 0.6) is 0 Å². The molecule has 0 bridgehead atoms. The van der Waals surface area contributed by atoms with E-state index in [0.717, 1.165) is 18.5 Å². The van der Waals surface area contributed by atoms with E-state index in [1.54, 1.807) is 6.07 Å². The van der Waals surface area contributed by atoms with E-state index in [2.05, 4.69) is 24.5 Å². The van der Waals surface area contributed by atoms with E-state index in [1.165, 1.54) is 11.3 Å². The van der Waals surface area contributed by atoms with Crippen molar-refractivity contribution in [3.8, 4) is 5.69 Å². The highest BCUT2D eigenvalue weighted by atomic mass is 16.1. The van der Waals surface area contributed by atoms with Crippen molar-refractivity contribution in [2.24, 2.45) is 16.9 Å². The summed E-state index contributed by atoms with van der Waals surface area (Å²) >= 11 is 0. The van der Waals surface area contributed by atoms with Crippen molar-refractivity contribution in [1.29, 1.82) is 0 Å². The standard InChI is InChI=1S/C17H21N3O/c1-17(2)9-14(18)13-6-7-20(15(13)10-17)12-5-3-4-11(8-12)16(19)21/h3-8,14H,9-10,18H2,1-2H3,(H2,19,21). The fourth-order valence-electron chi connectivity index (χ4n) is 3.29. The van der Waals surface area contributed by atoms with Gasteiger partial charge in [-0.05, 0) is 48.1 Å². The molecule has 1 aliphatic carbocycles. The lowest BCUT2D eigenvalue weighted by atomic mass is 9.74. The second-order valence-corrected chi connectivity index (χ2v) is 6.65. The summed E-state index contributed by atoms with van der Waals surface area (Å²) in [5.41, 5.74) is 15.8. The molecule has 110 valence electrons. The molecule has 4 N–H and O–H groups in total. The molecule has 3 rings (SSSR count). The lowest BCUT2D eigenvalue weighted by Crippen LogP contribution is -2.30. The Bertz CT molecular complexity index is 700. The van der Waals surface area contributed by atoms with Gasteiger partial charge in [0.05, 0.1) is 0 Å². The van der Waals surface area contributed by atoms with E-state index in [4.69, 9.17) is 11.5 Å². The first-order chi connectivity index (χ1) is 9.87. The molecule has 4 heteroatoms. The number of primary amides is 1. The number of hydrogen-bond acceptors (Lipinski definition) is 2. The van der Waals surface area contributed by atoms with Crippen LogP contribution in [0, 0.1) is 5.41 Å². The largest absolute Gasteiger partial charge is 0.366 e. The van der Waals surface area contributed by atoms with Crippen LogP contribution in [0.25, 0.3) is 5.69 Å². The summed E-state index contributed by atoms with van der Waals surface area (Å²) in [6.07, 6.45) is 4.00. The predicted octanol–water partition coefficient (Wildman–Crippen LogP) is 2.55. The van der Waals surface area contributed by atoms with Crippen LogP contribution in [0.1, 0.15) is 47.9 Å². The minimum Gasteiger partial charge on any atom is -0.366 e. The highest BCUT2D eigenvalue weighted by molar-refractivity contribution is 5.93. The van der Waals surface area contributed by atoms with Crippen molar-refractivity contribution in [1.82, 2.24) is 4.57 Å². The number of carbonyl (C=O) groups excluding carboxylic acids is 1. The van der Waals surface area contributed by atoms with Crippen molar-refractivity contribution in [3.05, 3.63) is 53.3 Å². The van der Waals surface area contributed by atoms with Crippen molar-refractivity contribution < 1.29 is 4.79 Å². The van der Waals surface area contributed by atoms with Crippen LogP contribution in [0.3, 0.4) is 0 Å². The third kappa shape index (κ3) is 2.47. The van der Waals surface area contributed by atoms with Gasteiger partial charge in [-0.25, -0.2) is 0 Å². The molecule has 21 heavy (non-hydrogen) atoms. The maximum atomic E-state index is 11.4. The topological polar surface area (TPSA) is 74.0 Å². The second kappa shape index (κ2) is 4.74. The molecule has 0 spiro atoms. The summed E-state index contributed by atoms with van der Waals surface area (Å²) in [6, 6.07) is 9.57. The van der Waals surface area contributed by atoms with Crippen LogP contribution in [-0.4, -0.2) is 10.5 Å². The number of nitrogens with zero attached hydrogens (tertiary/aromatic N) is 1. The summed E-state index contributed by atoms with van der Waals surface area (Å²) in [5, 5.41) is 0. The van der Waals surface area contributed by atoms with Gasteiger partial charge >= 0.3 is 0 Å². The van der Waals surface area contributed by atoms with Crippen LogP contribution in [-0.2, 0) is 6.42 Å². The van der Waals surface area contributed by atoms with Gasteiger partial charge in [0, 0.05) is 29.2 Å². The fourth-order valence-corrected chi connectivity index (χ4v) is 3.29. The smallest absolute Gasteiger partial charge is 0.248 e. The molecule has 0 saturated carbocycles. The van der Waals surface area contributed by atoms with Crippen LogP contribution >= 0.6 is 0 Å². The number of benzene rings is 1. The SMILES string of the molecule is CC1(C)Cc2c(ccn2-c2cccc(C(N)=O)c2)C(N)C1. The van der Waals surface area contributed by atoms with Crippen LogP contribution in [0.4, 0.5) is 0 Å². The first kappa shape index (κ1) is 13.9. The molecular weight excluding hydrogens is 262 g/mol. The molecule has 2 aromatic rings. The first-order valence-electron chi connectivity index (χ1n) is 7.23. The number of amides is 1. The van der Waals surface area contributed by atoms with Gasteiger partial charge in [0.15, 0.2) is 0 Å². The molecule has 0 saturated heterocycles. The Kier molecular flexibility index (Phi) is 3.14. The minimum absolute atomic E-state index is 0.0734. The van der Waals surface area contributed by atoms with Gasteiger partial charge in [-0.2, -0.15) is 0 Å². The van der Waals surface area contributed by atoms with Gasteiger partial charge in [0.2, 0.25) is 5.91 Å². The molecule has 0 radical (unpaired) electrons. The summed E-state index contributed by atoms with van der Waals surface area (Å²) in [4.78, 5) is 11.4. The Morgan fingerprint density at radius 2 is 2.10 bits per heavy atom. The van der Waals surface area contributed by atoms with Gasteiger partial charge in [-0.3, -0.25) is 4.79 Å². The van der Waals surface area contributed by atoms with Crippen LogP contribution in [0.2, 0.25) is 0 Å². The number of hydrogen-bond donors (Lipinski definition) is 2. The average Bonchev–Trinajstić information content (AvgIpc) is 2.81. The Balaban J connectivity index is 2.09. The monoisotopic (exact) mass is 283 g/mol. The molecule has 1 aliphatic rings. The lowest BCUT2D eigenvalue weighted by molar-refractivity contribution is 0.1000. The van der Waals surface area contributed by atoms with Crippen molar-refractivity contribution in [3.63, 3.8) is 0 Å². The van der Waals surface area contributed by atoms with E-state index in [1.807, 2.05) is 24.4 Å². The number of carbonyl (C=O) groups is 1. The molecule has 4 nitrogen and oxygen atoms in total. The number of fused-ring (bicyclic) bond motifs is 1. The van der Waals surface area contributed by atoms with E-state index in [0.29, 0.717) is 5.56 Å². The summed E-state index contributed by atoms with van der Waals surface area (Å²) in [5.74, 6) is -0.407. The zero-order valence-electron chi connectivity index (χ0n) is 12.5. The summed E-state index contributed by atoms with van der Waals surface area (Å²) in [7, 11) is 0. The Morgan fingerprint density at radius 3 is 2.81 bits per heavy atom. The third-order valence-corrected chi connectivity index (χ3v) is 4.25. The molecule has 1 atom stereocenters. The van der Waals surface area contributed by atoms with E-state index in [9.17, 15) is 4.79 Å². The van der Waals surface area contributed by atoms with Gasteiger partial charge in [0.1, 0.15) is 0 Å². The molecule has 1 aromatic heterocycles. The molecule has 1 heterocycles. The van der Waals surface area contributed by atoms with Crippen molar-refractivity contribution >= 4 is 5.91 Å². The van der Waals surface area contributed by atoms with Crippen molar-refractivity contribution in [2.75, 3.05) is 0 Å². The van der Waals surface area contributed by atoms with E-state index < -0.39 is 5.91 Å². The highest BCUT2D eigenvalue weighted by Crippen LogP contribution is 2.40. The fraction of sp³-hybridized carbons (Fsp3) is 0.353. The van der Waals surface area contributed by atoms with Gasteiger partial charge < -0.3 is 16.0 Å². The van der Waals surface area contributed by atoms with Gasteiger partial charge in [-0.15, -0.1) is 0 Å². The molecule has 1 aromatic carbocycles. The van der Waals surface area contributed by atoms with Crippen molar-refractivity contribution in [2.45, 2.75) is 32.7 Å². The second-order valence-electron chi connectivity index (χ2n) is 6.65. The Morgan fingerprint density at radius 1 is 1.33 bits per heavy atom. The molecule has 0 fully saturated rings. The minimum atomic E-state index is -0.407. The molecule has 1 unspecified atom stereocenters. The van der Waals surface area contributed by atoms with E-state index >= 15 is 0 Å². The van der Waals surface area contributed by atoms with Crippen LogP contribution in [0.15, 0.2) is 36.5 Å². The summed E-state index contributed by atoms with van der Waals surface area (Å²) in [6.45, 7) is 4.49. The molecule has 0 aliphatic heterocycles. The highest BCUT2D eigenvalue weighted by Gasteiger charge is 2.32. The van der Waals surface area contributed by atoms with E-state index in [-0.39, 0.29) is 11.5 Å². The maximum Gasteiger partial charge on any atom is 0.248 e. The molecule has 1 amide bonds. The predicted molar refractivity (Wildman–Crippen MR) is 83.3 cm³/mol. The van der Waals surface area contributed by atoms with Gasteiger partial charge in [0.25, 0.3) is 0 Å². The Hall–Kier alpha value is -2.07. The average molecular weight is 283 g/mol. The van der Waals surface area contributed by atoms with Crippen LogP contribution < -0.4 is 11.5 Å². The summed E-state index contributed by atoms with van der Waals surface area (Å²) < 4.78 is 2.13. The Labute approximate surface area is 124 Å². The lowest BCUT2D eigenvalue weighted by Gasteiger charge is -2.34. The quantitative estimate of drug-likeness (QED) is 0.889. The third-order valence-electron chi connectivity index (χ3n) is 4.25. The molecular formula is C17H21N3O. The normalized spacial score (nSPS) is 20.0. The zero-order valence-corrected chi connectivity index (χ0v) is 12.5. The first-order valence-corrected chi connectivity index (χ1v) is 7.23. The zero-order chi connectivity index (χ0) is 15.2. The maximum absolute atomic E-state index is 11.4. The number of nitrogens with two attached hydrogens (primary N) is 2. The number of rotatable bonds is 2. The van der Waals surface area contributed by atoms with Gasteiger partial charge in [-0.1, -0.05) is 19.9 Å².